The Hall–Kier alpha value is -2.04. The number of nitrogens with one attached hydrogen (secondary N) is 2. The maximum atomic E-state index is 12.1. The van der Waals surface area contributed by atoms with Crippen LogP contribution < -0.4 is 10.6 Å². The van der Waals surface area contributed by atoms with Crippen LogP contribution in [0.5, 0.6) is 0 Å². The molecule has 1 aromatic carbocycles. The number of rotatable bonds is 7. The Bertz CT molecular complexity index is 478. The van der Waals surface area contributed by atoms with Crippen molar-refractivity contribution in [2.75, 3.05) is 5.32 Å². The summed E-state index contributed by atoms with van der Waals surface area (Å²) in [5.74, 6) is -1.01. The summed E-state index contributed by atoms with van der Waals surface area (Å²) in [5, 5.41) is 14.4. The van der Waals surface area contributed by atoms with Crippen LogP contribution in [0, 0.1) is 0 Å². The van der Waals surface area contributed by atoms with E-state index in [1.807, 2.05) is 39.0 Å². The smallest absolute Gasteiger partial charge is 0.326 e. The normalized spacial score (nSPS) is 11.8. The van der Waals surface area contributed by atoms with E-state index in [2.05, 4.69) is 10.6 Å². The van der Waals surface area contributed by atoms with Crippen LogP contribution in [0.2, 0.25) is 0 Å². The number of amides is 2. The third-order valence-electron chi connectivity index (χ3n) is 3.42. The highest BCUT2D eigenvalue weighted by Crippen LogP contribution is 2.22. The topological polar surface area (TPSA) is 78.4 Å². The molecule has 0 heterocycles. The minimum Gasteiger partial charge on any atom is -0.480 e. The first-order valence-corrected chi connectivity index (χ1v) is 7.44. The molecule has 3 N–H and O–H groups in total. The van der Waals surface area contributed by atoms with Crippen LogP contribution >= 0.6 is 0 Å². The molecule has 0 aliphatic rings. The number of hydrogen-bond donors (Lipinski definition) is 3. The van der Waals surface area contributed by atoms with Crippen LogP contribution in [-0.2, 0) is 17.6 Å². The summed E-state index contributed by atoms with van der Waals surface area (Å²) in [6.45, 7) is 5.93. The minimum absolute atomic E-state index is 0.415. The molecular formula is C16H24N2O3. The van der Waals surface area contributed by atoms with Gasteiger partial charge in [0.25, 0.3) is 0 Å². The van der Waals surface area contributed by atoms with E-state index in [-0.39, 0.29) is 0 Å². The first-order valence-electron chi connectivity index (χ1n) is 7.44. The van der Waals surface area contributed by atoms with Gasteiger partial charge in [-0.25, -0.2) is 9.59 Å². The molecule has 1 atom stereocenters. The molecule has 0 spiro atoms. The van der Waals surface area contributed by atoms with Crippen LogP contribution in [0.25, 0.3) is 0 Å². The van der Waals surface area contributed by atoms with E-state index in [1.54, 1.807) is 0 Å². The number of aliphatic carboxylic acids is 1. The van der Waals surface area contributed by atoms with Gasteiger partial charge in [-0.15, -0.1) is 0 Å². The SMILES string of the molecule is CCC[C@H](NC(=O)Nc1c(CC)cccc1CC)C(=O)O. The molecule has 0 unspecified atom stereocenters. The van der Waals surface area contributed by atoms with Crippen LogP contribution in [-0.4, -0.2) is 23.1 Å². The van der Waals surface area contributed by atoms with Gasteiger partial charge in [-0.05, 0) is 30.4 Å². The number of carboxylic acids is 1. The fraction of sp³-hybridized carbons (Fsp3) is 0.500. The fourth-order valence-electron chi connectivity index (χ4n) is 2.26. The zero-order valence-electron chi connectivity index (χ0n) is 12.9. The number of para-hydroxylation sites is 1. The first kappa shape index (κ1) is 17.0. The predicted octanol–water partition coefficient (Wildman–Crippen LogP) is 3.19. The van der Waals surface area contributed by atoms with Crippen molar-refractivity contribution < 1.29 is 14.7 Å². The molecule has 0 fully saturated rings. The molecule has 0 bridgehead atoms. The summed E-state index contributed by atoms with van der Waals surface area (Å²) in [4.78, 5) is 23.1. The van der Waals surface area contributed by atoms with Crippen LogP contribution in [0.4, 0.5) is 10.5 Å². The highest BCUT2D eigenvalue weighted by Gasteiger charge is 2.19. The van der Waals surface area contributed by atoms with Gasteiger partial charge in [0.15, 0.2) is 0 Å². The Morgan fingerprint density at radius 3 is 2.14 bits per heavy atom. The summed E-state index contributed by atoms with van der Waals surface area (Å²) >= 11 is 0. The molecule has 0 radical (unpaired) electrons. The molecule has 21 heavy (non-hydrogen) atoms. The molecule has 5 heteroatoms. The minimum atomic E-state index is -1.01. The second-order valence-corrected chi connectivity index (χ2v) is 4.94. The molecule has 0 saturated heterocycles. The van der Waals surface area contributed by atoms with E-state index in [9.17, 15) is 9.59 Å². The lowest BCUT2D eigenvalue weighted by Crippen LogP contribution is -2.43. The van der Waals surface area contributed by atoms with E-state index >= 15 is 0 Å². The fourth-order valence-corrected chi connectivity index (χ4v) is 2.26. The third kappa shape index (κ3) is 4.77. The summed E-state index contributed by atoms with van der Waals surface area (Å²) < 4.78 is 0. The molecule has 2 amide bonds. The Kier molecular flexibility index (Phi) is 6.72. The second-order valence-electron chi connectivity index (χ2n) is 4.94. The average Bonchev–Trinajstić information content (AvgIpc) is 2.46. The van der Waals surface area contributed by atoms with Crippen molar-refractivity contribution in [1.82, 2.24) is 5.32 Å². The van der Waals surface area contributed by atoms with Crippen molar-refractivity contribution in [3.05, 3.63) is 29.3 Å². The van der Waals surface area contributed by atoms with E-state index in [1.165, 1.54) is 0 Å². The number of carboxylic acid groups (broad SMARTS) is 1. The lowest BCUT2D eigenvalue weighted by atomic mass is 10.0. The molecule has 1 aromatic rings. The number of carbonyl (C=O) groups is 2. The van der Waals surface area contributed by atoms with E-state index in [4.69, 9.17) is 5.11 Å². The van der Waals surface area contributed by atoms with Crippen molar-refractivity contribution in [3.8, 4) is 0 Å². The van der Waals surface area contributed by atoms with Crippen LogP contribution in [0.1, 0.15) is 44.7 Å². The lowest BCUT2D eigenvalue weighted by Gasteiger charge is -2.17. The van der Waals surface area contributed by atoms with Crippen molar-refractivity contribution >= 4 is 17.7 Å². The van der Waals surface area contributed by atoms with E-state index in [0.29, 0.717) is 12.8 Å². The Morgan fingerprint density at radius 1 is 1.14 bits per heavy atom. The van der Waals surface area contributed by atoms with Gasteiger partial charge >= 0.3 is 12.0 Å². The van der Waals surface area contributed by atoms with E-state index < -0.39 is 18.0 Å². The third-order valence-corrected chi connectivity index (χ3v) is 3.42. The predicted molar refractivity (Wildman–Crippen MR) is 83.7 cm³/mol. The number of urea groups is 1. The maximum Gasteiger partial charge on any atom is 0.326 e. The van der Waals surface area contributed by atoms with Gasteiger partial charge in [0.1, 0.15) is 6.04 Å². The molecule has 5 nitrogen and oxygen atoms in total. The summed E-state index contributed by atoms with van der Waals surface area (Å²) in [5.41, 5.74) is 2.89. The number of aryl methyl sites for hydroxylation is 2. The monoisotopic (exact) mass is 292 g/mol. The molecule has 116 valence electrons. The Balaban J connectivity index is 2.85. The zero-order chi connectivity index (χ0) is 15.8. The molecule has 0 saturated carbocycles. The molecule has 0 aliphatic carbocycles. The first-order chi connectivity index (χ1) is 10.0. The quantitative estimate of drug-likeness (QED) is 0.722. The van der Waals surface area contributed by atoms with Crippen molar-refractivity contribution in [1.29, 1.82) is 0 Å². The molecular weight excluding hydrogens is 268 g/mol. The van der Waals surface area contributed by atoms with Gasteiger partial charge in [-0.2, -0.15) is 0 Å². The Labute approximate surface area is 125 Å². The number of hydrogen-bond acceptors (Lipinski definition) is 2. The number of carbonyl (C=O) groups excluding carboxylic acids is 1. The van der Waals surface area contributed by atoms with Crippen molar-refractivity contribution in [3.63, 3.8) is 0 Å². The highest BCUT2D eigenvalue weighted by atomic mass is 16.4. The lowest BCUT2D eigenvalue weighted by molar-refractivity contribution is -0.139. The standard InChI is InChI=1S/C16H24N2O3/c1-4-8-13(15(19)20)17-16(21)18-14-11(5-2)9-7-10-12(14)6-3/h7,9-10,13H,4-6,8H2,1-3H3,(H,19,20)(H2,17,18,21)/t13-/m0/s1. The van der Waals surface area contributed by atoms with Gasteiger partial charge in [-0.3, -0.25) is 0 Å². The van der Waals surface area contributed by atoms with Crippen molar-refractivity contribution in [2.24, 2.45) is 0 Å². The molecule has 0 aromatic heterocycles. The van der Waals surface area contributed by atoms with Gasteiger partial charge < -0.3 is 15.7 Å². The van der Waals surface area contributed by atoms with Crippen LogP contribution in [0.15, 0.2) is 18.2 Å². The second kappa shape index (κ2) is 8.29. The molecule has 0 aliphatic heterocycles. The average molecular weight is 292 g/mol. The van der Waals surface area contributed by atoms with Gasteiger partial charge in [0.05, 0.1) is 0 Å². The number of benzene rings is 1. The molecule has 1 rings (SSSR count). The summed E-state index contributed by atoms with van der Waals surface area (Å²) in [7, 11) is 0. The summed E-state index contributed by atoms with van der Waals surface area (Å²) in [6, 6.07) is 4.59. The zero-order valence-corrected chi connectivity index (χ0v) is 12.9. The summed E-state index contributed by atoms with van der Waals surface area (Å²) in [6.07, 6.45) is 2.73. The maximum absolute atomic E-state index is 12.1. The van der Waals surface area contributed by atoms with Crippen molar-refractivity contribution in [2.45, 2.75) is 52.5 Å². The van der Waals surface area contributed by atoms with Gasteiger partial charge in [0, 0.05) is 5.69 Å². The van der Waals surface area contributed by atoms with Crippen LogP contribution in [0.3, 0.4) is 0 Å². The highest BCUT2D eigenvalue weighted by molar-refractivity contribution is 5.93. The Morgan fingerprint density at radius 2 is 1.71 bits per heavy atom. The largest absolute Gasteiger partial charge is 0.480 e. The van der Waals surface area contributed by atoms with E-state index in [0.717, 1.165) is 29.7 Å². The number of anilines is 1. The van der Waals surface area contributed by atoms with Gasteiger partial charge in [0.2, 0.25) is 0 Å². The van der Waals surface area contributed by atoms with Gasteiger partial charge in [-0.1, -0.05) is 45.4 Å².